The zero-order chi connectivity index (χ0) is 18.0. The smallest absolute Gasteiger partial charge is 0.343 e. The average Bonchev–Trinajstić information content (AvgIpc) is 2.53. The summed E-state index contributed by atoms with van der Waals surface area (Å²) < 4.78 is 11.0. The molecule has 24 heavy (non-hydrogen) atoms. The summed E-state index contributed by atoms with van der Waals surface area (Å²) in [4.78, 5) is 12.1. The largest absolute Gasteiger partial charge is 0.480 e. The number of halogens is 2. The zero-order valence-electron chi connectivity index (χ0n) is 14.9. The number of hydrogen-bond donors (Lipinski definition) is 0. The minimum atomic E-state index is -1.53. The van der Waals surface area contributed by atoms with Gasteiger partial charge in [-0.1, -0.05) is 81.4 Å². The van der Waals surface area contributed by atoms with E-state index in [9.17, 15) is 4.79 Å². The molecule has 0 aromatic heterocycles. The van der Waals surface area contributed by atoms with Crippen LogP contribution in [0.15, 0.2) is 18.2 Å². The van der Waals surface area contributed by atoms with Gasteiger partial charge >= 0.3 is 5.97 Å². The molecule has 3 nitrogen and oxygen atoms in total. The predicted octanol–water partition coefficient (Wildman–Crippen LogP) is 6.13. The maximum atomic E-state index is 12.1. The van der Waals surface area contributed by atoms with Crippen molar-refractivity contribution >= 4 is 37.2 Å². The Morgan fingerprint density at radius 1 is 1.04 bits per heavy atom. The zero-order valence-corrected chi connectivity index (χ0v) is 17.4. The van der Waals surface area contributed by atoms with E-state index in [4.69, 9.17) is 32.7 Å². The molecule has 0 amide bonds. The molecule has 0 bridgehead atoms. The monoisotopic (exact) mass is 390 g/mol. The Bertz CT molecular complexity index is 506. The van der Waals surface area contributed by atoms with Crippen molar-refractivity contribution in [1.29, 1.82) is 0 Å². The van der Waals surface area contributed by atoms with Gasteiger partial charge in [0.15, 0.2) is 6.61 Å². The standard InChI is InChI=1S/C18H28Cl2O3Si/c1-4-9-24(10-5-2,11-6-3)14-23-18(21)13-22-17-8-7-15(19)12-16(17)20/h7-8,12H,4-6,9-11,13-14H2,1-3H3. The molecule has 0 unspecified atom stereocenters. The quantitative estimate of drug-likeness (QED) is 0.336. The summed E-state index contributed by atoms with van der Waals surface area (Å²) in [5.74, 6) is 0.110. The fraction of sp³-hybridized carbons (Fsp3) is 0.611. The summed E-state index contributed by atoms with van der Waals surface area (Å²) >= 11 is 11.9. The van der Waals surface area contributed by atoms with Gasteiger partial charge in [0.05, 0.1) is 19.3 Å². The van der Waals surface area contributed by atoms with Crippen LogP contribution in [0.2, 0.25) is 28.2 Å². The molecular formula is C18H28Cl2O3Si. The molecule has 0 spiro atoms. The van der Waals surface area contributed by atoms with E-state index in [-0.39, 0.29) is 12.6 Å². The second-order valence-corrected chi connectivity index (χ2v) is 11.9. The number of carbonyl (C=O) groups excluding carboxylic acids is 1. The van der Waals surface area contributed by atoms with Crippen molar-refractivity contribution in [2.24, 2.45) is 0 Å². The van der Waals surface area contributed by atoms with E-state index in [1.807, 2.05) is 0 Å². The Morgan fingerprint density at radius 2 is 1.62 bits per heavy atom. The van der Waals surface area contributed by atoms with Crippen LogP contribution < -0.4 is 4.74 Å². The highest BCUT2D eigenvalue weighted by atomic mass is 35.5. The molecular weight excluding hydrogens is 363 g/mol. The fourth-order valence-corrected chi connectivity index (χ4v) is 8.48. The molecule has 0 aliphatic heterocycles. The number of carbonyl (C=O) groups is 1. The average molecular weight is 391 g/mol. The van der Waals surface area contributed by atoms with Gasteiger partial charge in [0.25, 0.3) is 0 Å². The first-order valence-corrected chi connectivity index (χ1v) is 12.3. The lowest BCUT2D eigenvalue weighted by atomic mass is 10.3. The van der Waals surface area contributed by atoms with Crippen molar-refractivity contribution in [3.63, 3.8) is 0 Å². The van der Waals surface area contributed by atoms with E-state index in [0.717, 1.165) is 19.3 Å². The first-order chi connectivity index (χ1) is 11.5. The van der Waals surface area contributed by atoms with Crippen molar-refractivity contribution in [2.45, 2.75) is 58.2 Å². The second-order valence-electron chi connectivity index (χ2n) is 6.27. The molecule has 6 heteroatoms. The van der Waals surface area contributed by atoms with Crippen LogP contribution in [0.4, 0.5) is 0 Å². The molecule has 136 valence electrons. The molecule has 1 aromatic carbocycles. The summed E-state index contributed by atoms with van der Waals surface area (Å²) in [5.41, 5.74) is 0. The van der Waals surface area contributed by atoms with Gasteiger partial charge in [-0.15, -0.1) is 0 Å². The third-order valence-corrected chi connectivity index (χ3v) is 10.1. The summed E-state index contributed by atoms with van der Waals surface area (Å²) in [5, 5.41) is 0.923. The molecule has 0 N–H and O–H groups in total. The lowest BCUT2D eigenvalue weighted by Gasteiger charge is -2.30. The Balaban J connectivity index is 2.55. The lowest BCUT2D eigenvalue weighted by molar-refractivity contribution is -0.144. The molecule has 1 rings (SSSR count). The topological polar surface area (TPSA) is 35.5 Å². The van der Waals surface area contributed by atoms with Crippen LogP contribution in [-0.2, 0) is 9.53 Å². The van der Waals surface area contributed by atoms with Gasteiger partial charge in [-0.05, 0) is 18.2 Å². The second kappa shape index (κ2) is 11.0. The first-order valence-electron chi connectivity index (χ1n) is 8.69. The Kier molecular flexibility index (Phi) is 9.78. The SMILES string of the molecule is CCC[Si](CCC)(CCC)COC(=O)COc1ccc(Cl)cc1Cl. The number of ether oxygens (including phenoxy) is 2. The Labute approximate surface area is 156 Å². The molecule has 0 aliphatic carbocycles. The maximum absolute atomic E-state index is 12.1. The number of rotatable bonds is 11. The van der Waals surface area contributed by atoms with Crippen LogP contribution in [-0.4, -0.2) is 26.9 Å². The molecule has 0 atom stereocenters. The molecule has 0 aliphatic rings. The molecule has 0 radical (unpaired) electrons. The molecule has 0 fully saturated rings. The van der Waals surface area contributed by atoms with E-state index in [1.54, 1.807) is 18.2 Å². The van der Waals surface area contributed by atoms with Gasteiger partial charge in [-0.3, -0.25) is 0 Å². The normalized spacial score (nSPS) is 11.4. The lowest BCUT2D eigenvalue weighted by Crippen LogP contribution is -2.41. The van der Waals surface area contributed by atoms with E-state index in [0.29, 0.717) is 22.0 Å². The van der Waals surface area contributed by atoms with Crippen LogP contribution in [0.25, 0.3) is 0 Å². The summed E-state index contributed by atoms with van der Waals surface area (Å²) in [7, 11) is -1.53. The highest BCUT2D eigenvalue weighted by molar-refractivity contribution is 6.79. The molecule has 0 heterocycles. The van der Waals surface area contributed by atoms with Crippen molar-refractivity contribution in [1.82, 2.24) is 0 Å². The van der Waals surface area contributed by atoms with Gasteiger partial charge in [0.2, 0.25) is 0 Å². The fourth-order valence-electron chi connectivity index (χ4n) is 3.19. The van der Waals surface area contributed by atoms with Crippen LogP contribution in [0, 0.1) is 0 Å². The minimum Gasteiger partial charge on any atom is -0.480 e. The number of benzene rings is 1. The summed E-state index contributed by atoms with van der Waals surface area (Å²) in [6.45, 7) is 6.50. The predicted molar refractivity (Wildman–Crippen MR) is 104 cm³/mol. The van der Waals surface area contributed by atoms with Gasteiger partial charge in [0.1, 0.15) is 5.75 Å². The number of esters is 1. The van der Waals surface area contributed by atoms with Gasteiger partial charge in [-0.25, -0.2) is 4.79 Å². The van der Waals surface area contributed by atoms with Gasteiger partial charge in [-0.2, -0.15) is 0 Å². The minimum absolute atomic E-state index is 0.129. The van der Waals surface area contributed by atoms with Crippen LogP contribution >= 0.6 is 23.2 Å². The summed E-state index contributed by atoms with van der Waals surface area (Å²) in [6.07, 6.45) is 4.06. The highest BCUT2D eigenvalue weighted by Gasteiger charge is 2.32. The first kappa shape index (κ1) is 21.3. The third kappa shape index (κ3) is 7.04. The molecule has 0 saturated carbocycles. The van der Waals surface area contributed by atoms with Gasteiger partial charge in [0, 0.05) is 5.02 Å². The molecule has 0 saturated heterocycles. The maximum Gasteiger partial charge on any atom is 0.343 e. The van der Waals surface area contributed by atoms with Crippen LogP contribution in [0.3, 0.4) is 0 Å². The molecule has 1 aromatic rings. The van der Waals surface area contributed by atoms with Gasteiger partial charge < -0.3 is 9.47 Å². The van der Waals surface area contributed by atoms with Crippen molar-refractivity contribution in [3.8, 4) is 5.75 Å². The highest BCUT2D eigenvalue weighted by Crippen LogP contribution is 2.28. The van der Waals surface area contributed by atoms with E-state index in [1.165, 1.54) is 18.1 Å². The number of hydrogen-bond acceptors (Lipinski definition) is 3. The van der Waals surface area contributed by atoms with E-state index in [2.05, 4.69) is 20.8 Å². The Morgan fingerprint density at radius 3 is 2.12 bits per heavy atom. The van der Waals surface area contributed by atoms with Crippen LogP contribution in [0.5, 0.6) is 5.75 Å². The van der Waals surface area contributed by atoms with E-state index < -0.39 is 8.07 Å². The van der Waals surface area contributed by atoms with E-state index >= 15 is 0 Å². The van der Waals surface area contributed by atoms with Crippen molar-refractivity contribution in [2.75, 3.05) is 12.8 Å². The summed E-state index contributed by atoms with van der Waals surface area (Å²) in [6, 6.07) is 8.56. The third-order valence-electron chi connectivity index (χ3n) is 4.12. The van der Waals surface area contributed by atoms with Crippen molar-refractivity contribution < 1.29 is 14.3 Å². The van der Waals surface area contributed by atoms with Crippen LogP contribution in [0.1, 0.15) is 40.0 Å². The Hall–Kier alpha value is -0.713. The van der Waals surface area contributed by atoms with Crippen molar-refractivity contribution in [3.05, 3.63) is 28.2 Å².